The average Bonchev–Trinajstić information content (AvgIpc) is 3.37. The Morgan fingerprint density at radius 2 is 2.00 bits per heavy atom. The maximum absolute atomic E-state index is 13.3. The first-order valence-corrected chi connectivity index (χ1v) is 10.6. The Bertz CT molecular complexity index is 767. The van der Waals surface area contributed by atoms with E-state index in [9.17, 15) is 4.79 Å². The number of fused-ring (bicyclic) bond motifs is 3. The molecule has 2 fully saturated rings. The van der Waals surface area contributed by atoms with Crippen LogP contribution in [0, 0.1) is 17.8 Å². The third kappa shape index (κ3) is 2.73. The third-order valence-electron chi connectivity index (χ3n) is 6.72. The van der Waals surface area contributed by atoms with E-state index in [2.05, 4.69) is 46.7 Å². The molecule has 3 aliphatic rings. The van der Waals surface area contributed by atoms with Crippen molar-refractivity contribution in [3.8, 4) is 0 Å². The summed E-state index contributed by atoms with van der Waals surface area (Å²) in [6.07, 6.45) is 7.23. The fourth-order valence-electron chi connectivity index (χ4n) is 5.55. The largest absolute Gasteiger partial charge is 0.331 e. The van der Waals surface area contributed by atoms with Gasteiger partial charge in [-0.3, -0.25) is 4.79 Å². The van der Waals surface area contributed by atoms with Crippen LogP contribution in [-0.2, 0) is 11.2 Å². The molecule has 130 valence electrons. The molecule has 2 bridgehead atoms. The van der Waals surface area contributed by atoms with E-state index in [0.717, 1.165) is 31.2 Å². The van der Waals surface area contributed by atoms with Gasteiger partial charge in [0.25, 0.3) is 0 Å². The van der Waals surface area contributed by atoms with E-state index in [-0.39, 0.29) is 6.04 Å². The number of benzene rings is 1. The molecule has 0 saturated heterocycles. The molecule has 1 amide bonds. The standard InChI is InChI=1S/C22H25NOS/c24-21(14-18-13-15-6-7-17(18)12-15)23-10-8-20-19(9-11-25-20)22(23)16-4-2-1-3-5-16/h1-5,9,11,15,17-18,22H,6-8,10,12-14H2/t15-,17-,18+,22+/m0/s1. The highest BCUT2D eigenvalue weighted by molar-refractivity contribution is 7.10. The van der Waals surface area contributed by atoms with Crippen molar-refractivity contribution in [2.75, 3.05) is 6.54 Å². The lowest BCUT2D eigenvalue weighted by Gasteiger charge is -2.37. The first-order chi connectivity index (χ1) is 12.3. The molecular weight excluding hydrogens is 326 g/mol. The van der Waals surface area contributed by atoms with Gasteiger partial charge in [0.2, 0.25) is 5.91 Å². The lowest BCUT2D eigenvalue weighted by atomic mass is 9.85. The summed E-state index contributed by atoms with van der Waals surface area (Å²) in [5.41, 5.74) is 2.60. The van der Waals surface area contributed by atoms with Gasteiger partial charge in [-0.2, -0.15) is 0 Å². The summed E-state index contributed by atoms with van der Waals surface area (Å²) in [7, 11) is 0. The van der Waals surface area contributed by atoms with Crippen LogP contribution < -0.4 is 0 Å². The molecule has 3 heteroatoms. The van der Waals surface area contributed by atoms with E-state index in [1.165, 1.54) is 41.7 Å². The van der Waals surface area contributed by atoms with Gasteiger partial charge >= 0.3 is 0 Å². The van der Waals surface area contributed by atoms with Gasteiger partial charge in [-0.05, 0) is 66.0 Å². The minimum absolute atomic E-state index is 0.113. The second kappa shape index (κ2) is 6.28. The van der Waals surface area contributed by atoms with E-state index in [0.29, 0.717) is 11.8 Å². The predicted octanol–water partition coefficient (Wildman–Crippen LogP) is 5.05. The topological polar surface area (TPSA) is 20.3 Å². The smallest absolute Gasteiger partial charge is 0.223 e. The van der Waals surface area contributed by atoms with Crippen LogP contribution in [0.2, 0.25) is 0 Å². The zero-order valence-corrected chi connectivity index (χ0v) is 15.4. The lowest BCUT2D eigenvalue weighted by Crippen LogP contribution is -2.41. The van der Waals surface area contributed by atoms with Gasteiger partial charge < -0.3 is 4.90 Å². The van der Waals surface area contributed by atoms with E-state index < -0.39 is 0 Å². The summed E-state index contributed by atoms with van der Waals surface area (Å²) in [5, 5.41) is 2.19. The van der Waals surface area contributed by atoms with Crippen LogP contribution in [0.25, 0.3) is 0 Å². The zero-order chi connectivity index (χ0) is 16.8. The summed E-state index contributed by atoms with van der Waals surface area (Å²) in [5.74, 6) is 2.76. The Hall–Kier alpha value is -1.61. The summed E-state index contributed by atoms with van der Waals surface area (Å²) < 4.78 is 0. The molecule has 0 unspecified atom stereocenters. The highest BCUT2D eigenvalue weighted by Gasteiger charge is 2.42. The van der Waals surface area contributed by atoms with Crippen molar-refractivity contribution >= 4 is 17.2 Å². The molecular formula is C22H25NOS. The molecule has 0 spiro atoms. The van der Waals surface area contributed by atoms with Crippen molar-refractivity contribution in [2.45, 2.75) is 44.6 Å². The average molecular weight is 352 g/mol. The Morgan fingerprint density at radius 1 is 1.12 bits per heavy atom. The van der Waals surface area contributed by atoms with Crippen LogP contribution in [-0.4, -0.2) is 17.4 Å². The number of nitrogens with zero attached hydrogens (tertiary/aromatic N) is 1. The maximum atomic E-state index is 13.3. The minimum Gasteiger partial charge on any atom is -0.331 e. The summed E-state index contributed by atoms with van der Waals surface area (Å²) in [6, 6.07) is 12.9. The molecule has 1 aliphatic heterocycles. The Balaban J connectivity index is 1.42. The number of rotatable bonds is 3. The molecule has 2 aliphatic carbocycles. The van der Waals surface area contributed by atoms with Crippen molar-refractivity contribution in [1.29, 1.82) is 0 Å². The quantitative estimate of drug-likeness (QED) is 0.758. The van der Waals surface area contributed by atoms with Gasteiger partial charge in [0.1, 0.15) is 0 Å². The van der Waals surface area contributed by atoms with Crippen LogP contribution in [0.4, 0.5) is 0 Å². The molecule has 0 radical (unpaired) electrons. The first-order valence-electron chi connectivity index (χ1n) is 9.70. The number of hydrogen-bond acceptors (Lipinski definition) is 2. The monoisotopic (exact) mass is 351 g/mol. The van der Waals surface area contributed by atoms with Gasteiger partial charge in [-0.1, -0.05) is 36.8 Å². The van der Waals surface area contributed by atoms with Gasteiger partial charge in [0, 0.05) is 17.8 Å². The van der Waals surface area contributed by atoms with Gasteiger partial charge in [-0.15, -0.1) is 11.3 Å². The fraction of sp³-hybridized carbons (Fsp3) is 0.500. The van der Waals surface area contributed by atoms with Crippen LogP contribution in [0.15, 0.2) is 41.8 Å². The SMILES string of the molecule is O=C(C[C@H]1C[C@H]2CC[C@H]1C2)N1CCc2sccc2[C@H]1c1ccccc1. The van der Waals surface area contributed by atoms with Crippen molar-refractivity contribution in [2.24, 2.45) is 17.8 Å². The van der Waals surface area contributed by atoms with Crippen molar-refractivity contribution < 1.29 is 4.79 Å². The molecule has 2 aromatic rings. The molecule has 2 saturated carbocycles. The third-order valence-corrected chi connectivity index (χ3v) is 7.72. The van der Waals surface area contributed by atoms with E-state index in [4.69, 9.17) is 0 Å². The van der Waals surface area contributed by atoms with Crippen molar-refractivity contribution in [3.05, 3.63) is 57.8 Å². The zero-order valence-electron chi connectivity index (χ0n) is 14.6. The van der Waals surface area contributed by atoms with Crippen LogP contribution in [0.5, 0.6) is 0 Å². The highest BCUT2D eigenvalue weighted by Crippen LogP contribution is 2.50. The van der Waals surface area contributed by atoms with Crippen molar-refractivity contribution in [1.82, 2.24) is 4.90 Å². The highest BCUT2D eigenvalue weighted by atomic mass is 32.1. The summed E-state index contributed by atoms with van der Waals surface area (Å²) >= 11 is 1.84. The Morgan fingerprint density at radius 3 is 2.76 bits per heavy atom. The van der Waals surface area contributed by atoms with Gasteiger partial charge in [0.05, 0.1) is 6.04 Å². The summed E-state index contributed by atoms with van der Waals surface area (Å²) in [6.45, 7) is 0.868. The fourth-order valence-corrected chi connectivity index (χ4v) is 6.45. The van der Waals surface area contributed by atoms with Crippen LogP contribution in [0.1, 0.15) is 54.1 Å². The number of thiophene rings is 1. The minimum atomic E-state index is 0.113. The molecule has 2 heterocycles. The Kier molecular flexibility index (Phi) is 3.93. The number of hydrogen-bond donors (Lipinski definition) is 0. The number of amides is 1. The predicted molar refractivity (Wildman–Crippen MR) is 102 cm³/mol. The molecule has 4 atom stereocenters. The second-order valence-corrected chi connectivity index (χ2v) is 9.09. The second-order valence-electron chi connectivity index (χ2n) is 8.09. The van der Waals surface area contributed by atoms with E-state index in [1.54, 1.807) is 0 Å². The summed E-state index contributed by atoms with van der Waals surface area (Å²) in [4.78, 5) is 16.9. The molecule has 0 N–H and O–H groups in total. The molecule has 1 aromatic carbocycles. The normalized spacial score (nSPS) is 30.5. The number of carbonyl (C=O) groups excluding carboxylic acids is 1. The lowest BCUT2D eigenvalue weighted by molar-refractivity contribution is -0.134. The van der Waals surface area contributed by atoms with Crippen LogP contribution in [0.3, 0.4) is 0 Å². The van der Waals surface area contributed by atoms with Gasteiger partial charge in [-0.25, -0.2) is 0 Å². The molecule has 25 heavy (non-hydrogen) atoms. The van der Waals surface area contributed by atoms with Crippen LogP contribution >= 0.6 is 11.3 Å². The maximum Gasteiger partial charge on any atom is 0.223 e. The van der Waals surface area contributed by atoms with Crippen molar-refractivity contribution in [3.63, 3.8) is 0 Å². The number of carbonyl (C=O) groups is 1. The van der Waals surface area contributed by atoms with E-state index in [1.807, 2.05) is 11.3 Å². The molecule has 2 nitrogen and oxygen atoms in total. The Labute approximate surface area is 153 Å². The van der Waals surface area contributed by atoms with Gasteiger partial charge in [0.15, 0.2) is 0 Å². The molecule has 5 rings (SSSR count). The first kappa shape index (κ1) is 15.6. The molecule has 1 aromatic heterocycles. The van der Waals surface area contributed by atoms with E-state index >= 15 is 0 Å².